The van der Waals surface area contributed by atoms with Crippen molar-refractivity contribution in [2.24, 2.45) is 4.99 Å². The number of ether oxygens (including phenoxy) is 2. The Morgan fingerprint density at radius 1 is 1.43 bits per heavy atom. The number of aliphatic imine (C=N–C) groups is 1. The highest BCUT2D eigenvalue weighted by Crippen LogP contribution is 2.32. The molecule has 0 radical (unpaired) electrons. The summed E-state index contributed by atoms with van der Waals surface area (Å²) in [7, 11) is 0. The molecular weight excluding hydrogens is 182 g/mol. The second kappa shape index (κ2) is 3.72. The van der Waals surface area contributed by atoms with Gasteiger partial charge in [0.2, 0.25) is 6.08 Å². The zero-order valence-corrected chi connectivity index (χ0v) is 7.64. The van der Waals surface area contributed by atoms with Gasteiger partial charge in [-0.15, -0.1) is 0 Å². The largest absolute Gasteiger partial charge is 0.320 e. The highest BCUT2D eigenvalue weighted by Gasteiger charge is 2.28. The first kappa shape index (κ1) is 9.09. The Morgan fingerprint density at radius 3 is 2.86 bits per heavy atom. The standard InChI is InChI=1S/C10H9NO3/c1-7-13-10(14-7)8-3-2-4-9(5-8)11-6-12/h2-5,7,10H,1H3. The number of rotatable bonds is 2. The van der Waals surface area contributed by atoms with Gasteiger partial charge in [-0.3, -0.25) is 0 Å². The van der Waals surface area contributed by atoms with Crippen LogP contribution in [0.2, 0.25) is 0 Å². The van der Waals surface area contributed by atoms with Gasteiger partial charge in [0.1, 0.15) is 0 Å². The van der Waals surface area contributed by atoms with Gasteiger partial charge in [0.25, 0.3) is 0 Å². The summed E-state index contributed by atoms with van der Waals surface area (Å²) in [5, 5.41) is 0. The molecule has 0 amide bonds. The number of hydrogen-bond donors (Lipinski definition) is 0. The molecule has 1 aromatic rings. The van der Waals surface area contributed by atoms with Crippen LogP contribution in [0, 0.1) is 0 Å². The van der Waals surface area contributed by atoms with Crippen molar-refractivity contribution in [3.63, 3.8) is 0 Å². The van der Waals surface area contributed by atoms with Gasteiger partial charge in [0.15, 0.2) is 12.6 Å². The van der Waals surface area contributed by atoms with Crippen LogP contribution >= 0.6 is 0 Å². The summed E-state index contributed by atoms with van der Waals surface area (Å²) in [5.41, 5.74) is 1.42. The Hall–Kier alpha value is -1.48. The fourth-order valence-electron chi connectivity index (χ4n) is 1.31. The molecule has 1 aliphatic heterocycles. The van der Waals surface area contributed by atoms with Crippen LogP contribution in [0.3, 0.4) is 0 Å². The van der Waals surface area contributed by atoms with E-state index in [1.54, 1.807) is 18.2 Å². The van der Waals surface area contributed by atoms with E-state index in [4.69, 9.17) is 9.47 Å². The Balaban J connectivity index is 2.18. The van der Waals surface area contributed by atoms with Gasteiger partial charge in [-0.25, -0.2) is 4.79 Å². The maximum absolute atomic E-state index is 10.0. The van der Waals surface area contributed by atoms with E-state index in [0.717, 1.165) is 5.56 Å². The lowest BCUT2D eigenvalue weighted by Gasteiger charge is -2.33. The first-order chi connectivity index (χ1) is 6.79. The quantitative estimate of drug-likeness (QED) is 0.531. The number of benzene rings is 1. The first-order valence-electron chi connectivity index (χ1n) is 4.28. The summed E-state index contributed by atoms with van der Waals surface area (Å²) < 4.78 is 10.6. The van der Waals surface area contributed by atoms with Crippen molar-refractivity contribution < 1.29 is 14.3 Å². The van der Waals surface area contributed by atoms with E-state index in [1.807, 2.05) is 13.0 Å². The van der Waals surface area contributed by atoms with Crippen molar-refractivity contribution in [2.45, 2.75) is 19.5 Å². The van der Waals surface area contributed by atoms with Gasteiger partial charge in [0.05, 0.1) is 5.69 Å². The predicted molar refractivity (Wildman–Crippen MR) is 48.6 cm³/mol. The molecule has 1 heterocycles. The van der Waals surface area contributed by atoms with Crippen molar-refractivity contribution in [1.29, 1.82) is 0 Å². The van der Waals surface area contributed by atoms with Gasteiger partial charge in [-0.2, -0.15) is 4.99 Å². The molecule has 4 nitrogen and oxygen atoms in total. The third kappa shape index (κ3) is 1.72. The summed E-state index contributed by atoms with van der Waals surface area (Å²) >= 11 is 0. The number of carbonyl (C=O) groups excluding carboxylic acids is 1. The fraction of sp³-hybridized carbons (Fsp3) is 0.300. The van der Waals surface area contributed by atoms with Crippen molar-refractivity contribution in [2.75, 3.05) is 0 Å². The summed E-state index contributed by atoms with van der Waals surface area (Å²) in [5.74, 6) is 0. The zero-order chi connectivity index (χ0) is 9.97. The average Bonchev–Trinajstić information content (AvgIpc) is 2.14. The molecule has 0 aromatic heterocycles. The summed E-state index contributed by atoms with van der Waals surface area (Å²) in [6.45, 7) is 1.82. The molecule has 0 atom stereocenters. The fourth-order valence-corrected chi connectivity index (χ4v) is 1.31. The SMILES string of the molecule is CC1OC(c2cccc(N=C=O)c2)O1. The van der Waals surface area contributed by atoms with Gasteiger partial charge in [-0.05, 0) is 19.1 Å². The second-order valence-corrected chi connectivity index (χ2v) is 2.97. The second-order valence-electron chi connectivity index (χ2n) is 2.97. The Morgan fingerprint density at radius 2 is 2.21 bits per heavy atom. The predicted octanol–water partition coefficient (Wildman–Crippen LogP) is 2.05. The van der Waals surface area contributed by atoms with E-state index in [-0.39, 0.29) is 12.6 Å². The minimum Gasteiger partial charge on any atom is -0.320 e. The third-order valence-corrected chi connectivity index (χ3v) is 1.95. The highest BCUT2D eigenvalue weighted by molar-refractivity contribution is 5.50. The van der Waals surface area contributed by atoms with E-state index < -0.39 is 0 Å². The number of isocyanates is 1. The van der Waals surface area contributed by atoms with Crippen LogP contribution in [0.5, 0.6) is 0 Å². The van der Waals surface area contributed by atoms with Crippen molar-refractivity contribution in [3.05, 3.63) is 29.8 Å². The lowest BCUT2D eigenvalue weighted by Crippen LogP contribution is -2.31. The molecule has 1 aliphatic rings. The summed E-state index contributed by atoms with van der Waals surface area (Å²) in [6.07, 6.45) is 1.01. The molecule has 0 N–H and O–H groups in total. The van der Waals surface area contributed by atoms with E-state index >= 15 is 0 Å². The van der Waals surface area contributed by atoms with Crippen molar-refractivity contribution in [3.8, 4) is 0 Å². The summed E-state index contributed by atoms with van der Waals surface area (Å²) in [6, 6.07) is 7.11. The topological polar surface area (TPSA) is 47.9 Å². The minimum atomic E-state index is -0.327. The molecular formula is C10H9NO3. The van der Waals surface area contributed by atoms with E-state index in [9.17, 15) is 4.79 Å². The van der Waals surface area contributed by atoms with Gasteiger partial charge in [-0.1, -0.05) is 12.1 Å². The molecule has 14 heavy (non-hydrogen) atoms. The van der Waals surface area contributed by atoms with Crippen LogP contribution < -0.4 is 0 Å². The molecule has 0 unspecified atom stereocenters. The van der Waals surface area contributed by atoms with Crippen LogP contribution in [0.4, 0.5) is 5.69 Å². The van der Waals surface area contributed by atoms with Crippen LogP contribution in [-0.2, 0) is 14.3 Å². The van der Waals surface area contributed by atoms with Gasteiger partial charge >= 0.3 is 0 Å². The first-order valence-corrected chi connectivity index (χ1v) is 4.28. The summed E-state index contributed by atoms with van der Waals surface area (Å²) in [4.78, 5) is 13.5. The molecule has 0 aliphatic carbocycles. The minimum absolute atomic E-state index is 0.154. The normalized spacial score (nSPS) is 24.9. The highest BCUT2D eigenvalue weighted by atomic mass is 16.9. The lowest BCUT2D eigenvalue weighted by molar-refractivity contribution is -0.382. The van der Waals surface area contributed by atoms with E-state index in [2.05, 4.69) is 4.99 Å². The third-order valence-electron chi connectivity index (χ3n) is 1.95. The number of nitrogens with zero attached hydrogens (tertiary/aromatic N) is 1. The Kier molecular flexibility index (Phi) is 2.41. The lowest BCUT2D eigenvalue weighted by atomic mass is 10.2. The molecule has 0 spiro atoms. The molecule has 1 aromatic carbocycles. The Labute approximate surface area is 81.2 Å². The molecule has 4 heteroatoms. The van der Waals surface area contributed by atoms with Crippen LogP contribution in [0.25, 0.3) is 0 Å². The molecule has 2 rings (SSSR count). The van der Waals surface area contributed by atoms with Crippen LogP contribution in [0.1, 0.15) is 18.8 Å². The maximum atomic E-state index is 10.0. The van der Waals surface area contributed by atoms with Crippen LogP contribution in [-0.4, -0.2) is 12.4 Å². The van der Waals surface area contributed by atoms with E-state index in [0.29, 0.717) is 5.69 Å². The van der Waals surface area contributed by atoms with Gasteiger partial charge < -0.3 is 9.47 Å². The van der Waals surface area contributed by atoms with Crippen molar-refractivity contribution in [1.82, 2.24) is 0 Å². The molecule has 0 bridgehead atoms. The van der Waals surface area contributed by atoms with Gasteiger partial charge in [0, 0.05) is 5.56 Å². The van der Waals surface area contributed by atoms with E-state index in [1.165, 1.54) is 6.08 Å². The zero-order valence-electron chi connectivity index (χ0n) is 7.64. The van der Waals surface area contributed by atoms with Crippen molar-refractivity contribution >= 4 is 11.8 Å². The molecule has 72 valence electrons. The molecule has 1 fully saturated rings. The monoisotopic (exact) mass is 191 g/mol. The number of hydrogen-bond acceptors (Lipinski definition) is 4. The maximum Gasteiger partial charge on any atom is 0.240 e. The molecule has 0 saturated carbocycles. The average molecular weight is 191 g/mol. The smallest absolute Gasteiger partial charge is 0.240 e. The van der Waals surface area contributed by atoms with Crippen LogP contribution in [0.15, 0.2) is 29.3 Å². The molecule has 1 saturated heterocycles. The Bertz CT molecular complexity index is 379.